The molecule has 0 N–H and O–H groups in total. The largest absolute Gasteiger partial charge is 0.338 e. The van der Waals surface area contributed by atoms with Gasteiger partial charge in [-0.05, 0) is 12.1 Å². The van der Waals surface area contributed by atoms with Gasteiger partial charge >= 0.3 is 0 Å². The van der Waals surface area contributed by atoms with Crippen molar-refractivity contribution in [2.75, 3.05) is 26.2 Å². The van der Waals surface area contributed by atoms with Crippen LogP contribution >= 0.6 is 0 Å². The number of amides is 2. The minimum atomic E-state index is -0.0458. The van der Waals surface area contributed by atoms with Crippen LogP contribution in [0, 0.1) is 11.8 Å². The van der Waals surface area contributed by atoms with Gasteiger partial charge in [-0.25, -0.2) is 0 Å². The topological polar surface area (TPSA) is 53.5 Å². The summed E-state index contributed by atoms with van der Waals surface area (Å²) in [6, 6.07) is 3.51. The van der Waals surface area contributed by atoms with E-state index in [1.54, 1.807) is 35.5 Å². The molecule has 0 aromatic carbocycles. The SMILES string of the molecule is C=CCN1C[C@@H]2CN(C(=O)c3cccnc3)C[C@@H]2C1=O. The van der Waals surface area contributed by atoms with Crippen molar-refractivity contribution in [1.29, 1.82) is 0 Å². The van der Waals surface area contributed by atoms with Crippen molar-refractivity contribution >= 4 is 11.8 Å². The number of nitrogens with zero attached hydrogens (tertiary/aromatic N) is 3. The summed E-state index contributed by atoms with van der Waals surface area (Å²) in [5.74, 6) is 0.325. The van der Waals surface area contributed by atoms with Crippen LogP contribution in [0.5, 0.6) is 0 Å². The highest BCUT2D eigenvalue weighted by atomic mass is 16.2. The van der Waals surface area contributed by atoms with Gasteiger partial charge < -0.3 is 9.80 Å². The molecule has 5 nitrogen and oxygen atoms in total. The number of rotatable bonds is 3. The highest BCUT2D eigenvalue weighted by Gasteiger charge is 2.46. The lowest BCUT2D eigenvalue weighted by molar-refractivity contribution is -0.130. The quantitative estimate of drug-likeness (QED) is 0.764. The van der Waals surface area contributed by atoms with Crippen LogP contribution in [0.4, 0.5) is 0 Å². The molecule has 0 spiro atoms. The maximum atomic E-state index is 12.3. The standard InChI is InChI=1S/C15H17N3O2/c1-2-6-17-8-12-9-18(10-13(12)15(17)20)14(19)11-4-3-5-16-7-11/h2-5,7,12-13H,1,6,8-10H2/t12-,13+/m1/s1. The van der Waals surface area contributed by atoms with Gasteiger partial charge in [-0.2, -0.15) is 0 Å². The van der Waals surface area contributed by atoms with Crippen molar-refractivity contribution in [3.05, 3.63) is 42.7 Å². The van der Waals surface area contributed by atoms with E-state index in [9.17, 15) is 9.59 Å². The highest BCUT2D eigenvalue weighted by Crippen LogP contribution is 2.32. The van der Waals surface area contributed by atoms with Crippen molar-refractivity contribution in [3.63, 3.8) is 0 Å². The van der Waals surface area contributed by atoms with E-state index < -0.39 is 0 Å². The Morgan fingerprint density at radius 2 is 2.30 bits per heavy atom. The van der Waals surface area contributed by atoms with Crippen LogP contribution in [0.25, 0.3) is 0 Å². The second-order valence-corrected chi connectivity index (χ2v) is 5.35. The highest BCUT2D eigenvalue weighted by molar-refractivity contribution is 5.95. The third kappa shape index (κ3) is 2.09. The van der Waals surface area contributed by atoms with Crippen molar-refractivity contribution in [2.24, 2.45) is 11.8 Å². The molecule has 2 atom stereocenters. The number of pyridine rings is 1. The van der Waals surface area contributed by atoms with Crippen molar-refractivity contribution < 1.29 is 9.59 Å². The number of aromatic nitrogens is 1. The van der Waals surface area contributed by atoms with Gasteiger partial charge in [-0.15, -0.1) is 6.58 Å². The smallest absolute Gasteiger partial charge is 0.255 e. The molecule has 3 heterocycles. The molecule has 2 aliphatic heterocycles. The fourth-order valence-electron chi connectivity index (χ4n) is 3.10. The molecule has 1 aromatic rings. The van der Waals surface area contributed by atoms with E-state index in [1.807, 2.05) is 4.90 Å². The molecule has 2 fully saturated rings. The minimum absolute atomic E-state index is 0.0319. The maximum absolute atomic E-state index is 12.3. The van der Waals surface area contributed by atoms with Crippen LogP contribution in [0.3, 0.4) is 0 Å². The van der Waals surface area contributed by atoms with E-state index in [1.165, 1.54) is 0 Å². The summed E-state index contributed by atoms with van der Waals surface area (Å²) in [4.78, 5) is 32.1. The third-order valence-electron chi connectivity index (χ3n) is 4.07. The Morgan fingerprint density at radius 3 is 2.95 bits per heavy atom. The molecule has 2 saturated heterocycles. The Balaban J connectivity index is 1.69. The van der Waals surface area contributed by atoms with Gasteiger partial charge in [0.25, 0.3) is 5.91 Å². The van der Waals surface area contributed by atoms with E-state index in [2.05, 4.69) is 11.6 Å². The summed E-state index contributed by atoms with van der Waals surface area (Å²) >= 11 is 0. The van der Waals surface area contributed by atoms with Gasteiger partial charge in [0.2, 0.25) is 5.91 Å². The Labute approximate surface area is 117 Å². The lowest BCUT2D eigenvalue weighted by Crippen LogP contribution is -2.35. The first-order valence-electron chi connectivity index (χ1n) is 6.79. The molecule has 0 bridgehead atoms. The first-order chi connectivity index (χ1) is 9.70. The Kier molecular flexibility index (Phi) is 3.26. The van der Waals surface area contributed by atoms with Gasteiger partial charge in [0, 0.05) is 44.5 Å². The Bertz CT molecular complexity index is 543. The van der Waals surface area contributed by atoms with Crippen LogP contribution < -0.4 is 0 Å². The van der Waals surface area contributed by atoms with E-state index in [0.717, 1.165) is 6.54 Å². The number of carbonyl (C=O) groups excluding carboxylic acids is 2. The summed E-state index contributed by atoms with van der Waals surface area (Å²) in [6.45, 7) is 6.17. The molecule has 0 radical (unpaired) electrons. The molecular weight excluding hydrogens is 254 g/mol. The van der Waals surface area contributed by atoms with Gasteiger partial charge in [-0.1, -0.05) is 6.08 Å². The Hall–Kier alpha value is -2.17. The monoisotopic (exact) mass is 271 g/mol. The van der Waals surface area contributed by atoms with E-state index >= 15 is 0 Å². The molecule has 2 amide bonds. The second-order valence-electron chi connectivity index (χ2n) is 5.35. The van der Waals surface area contributed by atoms with Crippen LogP contribution in [0.1, 0.15) is 10.4 Å². The van der Waals surface area contributed by atoms with Gasteiger partial charge in [0.1, 0.15) is 0 Å². The number of hydrogen-bond donors (Lipinski definition) is 0. The summed E-state index contributed by atoms with van der Waals surface area (Å²) < 4.78 is 0. The molecule has 1 aromatic heterocycles. The zero-order chi connectivity index (χ0) is 14.1. The maximum Gasteiger partial charge on any atom is 0.255 e. The molecule has 2 aliphatic rings. The second kappa shape index (κ2) is 5.07. The summed E-state index contributed by atoms with van der Waals surface area (Å²) in [7, 11) is 0. The Morgan fingerprint density at radius 1 is 1.45 bits per heavy atom. The first kappa shape index (κ1) is 12.8. The lowest BCUT2D eigenvalue weighted by atomic mass is 10.0. The summed E-state index contributed by atoms with van der Waals surface area (Å²) in [5.41, 5.74) is 0.586. The van der Waals surface area contributed by atoms with Crippen molar-refractivity contribution in [1.82, 2.24) is 14.8 Å². The van der Waals surface area contributed by atoms with Gasteiger partial charge in [0.15, 0.2) is 0 Å². The van der Waals surface area contributed by atoms with E-state index in [4.69, 9.17) is 0 Å². The van der Waals surface area contributed by atoms with E-state index in [0.29, 0.717) is 25.2 Å². The molecule has 104 valence electrons. The fraction of sp³-hybridized carbons (Fsp3) is 0.400. The van der Waals surface area contributed by atoms with Crippen LogP contribution in [0.15, 0.2) is 37.2 Å². The molecule has 20 heavy (non-hydrogen) atoms. The summed E-state index contributed by atoms with van der Waals surface area (Å²) in [5, 5.41) is 0. The van der Waals surface area contributed by atoms with E-state index in [-0.39, 0.29) is 23.7 Å². The number of carbonyl (C=O) groups is 2. The van der Waals surface area contributed by atoms with Gasteiger partial charge in [-0.3, -0.25) is 14.6 Å². The van der Waals surface area contributed by atoms with Crippen LogP contribution in [0.2, 0.25) is 0 Å². The molecular formula is C15H17N3O2. The zero-order valence-corrected chi connectivity index (χ0v) is 11.2. The van der Waals surface area contributed by atoms with Crippen LogP contribution in [-0.2, 0) is 4.79 Å². The molecule has 0 unspecified atom stereocenters. The predicted octanol–water partition coefficient (Wildman–Crippen LogP) is 0.798. The van der Waals surface area contributed by atoms with Crippen molar-refractivity contribution in [2.45, 2.75) is 0 Å². The lowest BCUT2D eigenvalue weighted by Gasteiger charge is -2.20. The average molecular weight is 271 g/mol. The van der Waals surface area contributed by atoms with Crippen LogP contribution in [-0.4, -0.2) is 52.8 Å². The fourth-order valence-corrected chi connectivity index (χ4v) is 3.10. The zero-order valence-electron chi connectivity index (χ0n) is 11.2. The average Bonchev–Trinajstić information content (AvgIpc) is 3.01. The number of likely N-dealkylation sites (tertiary alicyclic amines) is 2. The molecule has 0 saturated carbocycles. The van der Waals surface area contributed by atoms with Gasteiger partial charge in [0.05, 0.1) is 11.5 Å². The normalized spacial score (nSPS) is 24.9. The third-order valence-corrected chi connectivity index (χ3v) is 4.07. The predicted molar refractivity (Wildman–Crippen MR) is 73.9 cm³/mol. The number of hydrogen-bond acceptors (Lipinski definition) is 3. The molecule has 0 aliphatic carbocycles. The van der Waals surface area contributed by atoms with Crippen molar-refractivity contribution in [3.8, 4) is 0 Å². The minimum Gasteiger partial charge on any atom is -0.338 e. The first-order valence-corrected chi connectivity index (χ1v) is 6.79. The number of fused-ring (bicyclic) bond motifs is 1. The molecule has 5 heteroatoms. The molecule has 3 rings (SSSR count). The summed E-state index contributed by atoms with van der Waals surface area (Å²) in [6.07, 6.45) is 4.96.